The fourth-order valence-electron chi connectivity index (χ4n) is 2.25. The van der Waals surface area contributed by atoms with Crippen LogP contribution in [-0.2, 0) is 13.5 Å². The van der Waals surface area contributed by atoms with Gasteiger partial charge in [0, 0.05) is 25.9 Å². The lowest BCUT2D eigenvalue weighted by Gasteiger charge is -2.17. The molecule has 0 amide bonds. The number of halogens is 1. The third-order valence-electron chi connectivity index (χ3n) is 3.37. The summed E-state index contributed by atoms with van der Waals surface area (Å²) in [5.74, 6) is 0.915. The SMILES string of the molecule is CCCNCC(Cc1ncnn1C)c1cccc(F)c1. The van der Waals surface area contributed by atoms with Crippen LogP contribution in [0.2, 0.25) is 0 Å². The first-order valence-electron chi connectivity index (χ1n) is 6.99. The lowest BCUT2D eigenvalue weighted by atomic mass is 9.95. The van der Waals surface area contributed by atoms with Gasteiger partial charge in [-0.15, -0.1) is 0 Å². The van der Waals surface area contributed by atoms with Crippen molar-refractivity contribution in [3.8, 4) is 0 Å². The maximum Gasteiger partial charge on any atom is 0.138 e. The highest BCUT2D eigenvalue weighted by Gasteiger charge is 2.15. The molecule has 0 saturated heterocycles. The molecule has 1 aromatic carbocycles. The van der Waals surface area contributed by atoms with E-state index in [9.17, 15) is 4.39 Å². The van der Waals surface area contributed by atoms with Crippen molar-refractivity contribution in [3.63, 3.8) is 0 Å². The molecule has 1 unspecified atom stereocenters. The topological polar surface area (TPSA) is 42.7 Å². The molecule has 0 aliphatic carbocycles. The summed E-state index contributed by atoms with van der Waals surface area (Å²) in [6.45, 7) is 3.90. The number of hydrogen-bond donors (Lipinski definition) is 1. The van der Waals surface area contributed by atoms with E-state index in [1.807, 2.05) is 13.1 Å². The van der Waals surface area contributed by atoms with Crippen LogP contribution in [0.5, 0.6) is 0 Å². The van der Waals surface area contributed by atoms with E-state index >= 15 is 0 Å². The van der Waals surface area contributed by atoms with E-state index in [0.717, 1.165) is 37.3 Å². The molecule has 2 aromatic rings. The Morgan fingerprint density at radius 2 is 2.25 bits per heavy atom. The molecule has 0 radical (unpaired) electrons. The summed E-state index contributed by atoms with van der Waals surface area (Å²) in [5, 5.41) is 7.49. The number of rotatable bonds is 7. The second-order valence-corrected chi connectivity index (χ2v) is 4.96. The number of nitrogens with one attached hydrogen (secondary N) is 1. The van der Waals surface area contributed by atoms with E-state index in [1.165, 1.54) is 6.07 Å². The van der Waals surface area contributed by atoms with Crippen molar-refractivity contribution in [2.45, 2.75) is 25.7 Å². The highest BCUT2D eigenvalue weighted by Crippen LogP contribution is 2.20. The van der Waals surface area contributed by atoms with Gasteiger partial charge in [-0.1, -0.05) is 19.1 Å². The maximum absolute atomic E-state index is 13.4. The minimum Gasteiger partial charge on any atom is -0.316 e. The summed E-state index contributed by atoms with van der Waals surface area (Å²) >= 11 is 0. The molecular weight excluding hydrogens is 255 g/mol. The second kappa shape index (κ2) is 7.14. The molecular formula is C15H21FN4. The largest absolute Gasteiger partial charge is 0.316 e. The van der Waals surface area contributed by atoms with Crippen molar-refractivity contribution >= 4 is 0 Å². The molecule has 0 aliphatic rings. The Balaban J connectivity index is 2.13. The Kier molecular flexibility index (Phi) is 5.24. The Morgan fingerprint density at radius 3 is 2.90 bits per heavy atom. The summed E-state index contributed by atoms with van der Waals surface area (Å²) in [6, 6.07) is 6.81. The lowest BCUT2D eigenvalue weighted by molar-refractivity contribution is 0.546. The van der Waals surface area contributed by atoms with E-state index in [4.69, 9.17) is 0 Å². The van der Waals surface area contributed by atoms with Gasteiger partial charge in [0.05, 0.1) is 0 Å². The molecule has 0 aliphatic heterocycles. The summed E-state index contributed by atoms with van der Waals surface area (Å²) in [6.07, 6.45) is 3.38. The van der Waals surface area contributed by atoms with Crippen LogP contribution in [0.25, 0.3) is 0 Å². The smallest absolute Gasteiger partial charge is 0.138 e. The van der Waals surface area contributed by atoms with Gasteiger partial charge in [-0.2, -0.15) is 5.10 Å². The average Bonchev–Trinajstić information content (AvgIpc) is 2.83. The van der Waals surface area contributed by atoms with Crippen molar-refractivity contribution in [2.75, 3.05) is 13.1 Å². The first-order valence-corrected chi connectivity index (χ1v) is 6.99. The van der Waals surface area contributed by atoms with E-state index in [2.05, 4.69) is 22.3 Å². The number of hydrogen-bond acceptors (Lipinski definition) is 3. The van der Waals surface area contributed by atoms with Crippen LogP contribution in [0.15, 0.2) is 30.6 Å². The van der Waals surface area contributed by atoms with Crippen molar-refractivity contribution in [1.29, 1.82) is 0 Å². The normalized spacial score (nSPS) is 12.6. The zero-order valence-electron chi connectivity index (χ0n) is 12.0. The van der Waals surface area contributed by atoms with Gasteiger partial charge in [-0.25, -0.2) is 9.37 Å². The van der Waals surface area contributed by atoms with Crippen LogP contribution in [0.3, 0.4) is 0 Å². The van der Waals surface area contributed by atoms with Crippen LogP contribution < -0.4 is 5.32 Å². The molecule has 4 nitrogen and oxygen atoms in total. The van der Waals surface area contributed by atoms with Crippen LogP contribution in [0, 0.1) is 5.82 Å². The summed E-state index contributed by atoms with van der Waals surface area (Å²) in [7, 11) is 1.88. The highest BCUT2D eigenvalue weighted by atomic mass is 19.1. The number of benzene rings is 1. The van der Waals surface area contributed by atoms with Gasteiger partial charge in [0.15, 0.2) is 0 Å². The first kappa shape index (κ1) is 14.7. The Labute approximate surface area is 119 Å². The lowest BCUT2D eigenvalue weighted by Crippen LogP contribution is -2.24. The third-order valence-corrected chi connectivity index (χ3v) is 3.37. The van der Waals surface area contributed by atoms with Crippen LogP contribution in [-0.4, -0.2) is 27.9 Å². The van der Waals surface area contributed by atoms with E-state index in [-0.39, 0.29) is 11.7 Å². The zero-order chi connectivity index (χ0) is 14.4. The standard InChI is InChI=1S/C15H21FN4/c1-3-7-17-10-13(9-15-18-11-19-20(15)2)12-5-4-6-14(16)8-12/h4-6,8,11,13,17H,3,7,9-10H2,1-2H3. The molecule has 0 saturated carbocycles. The molecule has 5 heteroatoms. The second-order valence-electron chi connectivity index (χ2n) is 4.96. The zero-order valence-corrected chi connectivity index (χ0v) is 12.0. The van der Waals surface area contributed by atoms with Crippen molar-refractivity contribution in [2.24, 2.45) is 7.05 Å². The quantitative estimate of drug-likeness (QED) is 0.789. The Morgan fingerprint density at radius 1 is 1.40 bits per heavy atom. The van der Waals surface area contributed by atoms with Crippen molar-refractivity contribution in [3.05, 3.63) is 47.8 Å². The third kappa shape index (κ3) is 3.87. The first-order chi connectivity index (χ1) is 9.70. The minimum absolute atomic E-state index is 0.194. The van der Waals surface area contributed by atoms with E-state index in [0.29, 0.717) is 0 Å². The fourth-order valence-corrected chi connectivity index (χ4v) is 2.25. The number of aryl methyl sites for hydroxylation is 1. The van der Waals surface area contributed by atoms with Gasteiger partial charge in [-0.3, -0.25) is 4.68 Å². The predicted molar refractivity (Wildman–Crippen MR) is 77.0 cm³/mol. The molecule has 1 heterocycles. The van der Waals surface area contributed by atoms with Gasteiger partial charge in [0.1, 0.15) is 18.0 Å². The highest BCUT2D eigenvalue weighted by molar-refractivity contribution is 5.22. The van der Waals surface area contributed by atoms with Gasteiger partial charge < -0.3 is 5.32 Å². The number of aromatic nitrogens is 3. The van der Waals surface area contributed by atoms with Crippen LogP contribution >= 0.6 is 0 Å². The summed E-state index contributed by atoms with van der Waals surface area (Å²) in [5.41, 5.74) is 0.997. The maximum atomic E-state index is 13.4. The molecule has 1 atom stereocenters. The monoisotopic (exact) mass is 276 g/mol. The molecule has 1 N–H and O–H groups in total. The van der Waals surface area contributed by atoms with E-state index in [1.54, 1.807) is 23.1 Å². The fraction of sp³-hybridized carbons (Fsp3) is 0.467. The van der Waals surface area contributed by atoms with Gasteiger partial charge in [0.2, 0.25) is 0 Å². The van der Waals surface area contributed by atoms with Crippen molar-refractivity contribution < 1.29 is 4.39 Å². The Bertz CT molecular complexity index is 538. The van der Waals surface area contributed by atoms with Gasteiger partial charge in [-0.05, 0) is 30.7 Å². The predicted octanol–water partition coefficient (Wildman–Crippen LogP) is 2.28. The Hall–Kier alpha value is -1.75. The molecule has 0 fully saturated rings. The van der Waals surface area contributed by atoms with Gasteiger partial charge >= 0.3 is 0 Å². The van der Waals surface area contributed by atoms with Crippen LogP contribution in [0.4, 0.5) is 4.39 Å². The van der Waals surface area contributed by atoms with Gasteiger partial charge in [0.25, 0.3) is 0 Å². The molecule has 0 spiro atoms. The molecule has 2 rings (SSSR count). The molecule has 20 heavy (non-hydrogen) atoms. The molecule has 0 bridgehead atoms. The minimum atomic E-state index is -0.194. The molecule has 1 aromatic heterocycles. The van der Waals surface area contributed by atoms with Crippen LogP contribution in [0.1, 0.15) is 30.7 Å². The van der Waals surface area contributed by atoms with E-state index < -0.39 is 0 Å². The average molecular weight is 276 g/mol. The van der Waals surface area contributed by atoms with Crippen molar-refractivity contribution in [1.82, 2.24) is 20.1 Å². The molecule has 108 valence electrons. The summed E-state index contributed by atoms with van der Waals surface area (Å²) in [4.78, 5) is 4.26. The summed E-state index contributed by atoms with van der Waals surface area (Å²) < 4.78 is 15.2. The number of nitrogens with zero attached hydrogens (tertiary/aromatic N) is 3.